The molecule has 5 nitrogen and oxygen atoms in total. The van der Waals surface area contributed by atoms with Gasteiger partial charge < -0.3 is 19.4 Å². The van der Waals surface area contributed by atoms with Crippen molar-refractivity contribution in [3.05, 3.63) is 30.2 Å². The van der Waals surface area contributed by atoms with Gasteiger partial charge in [0.2, 0.25) is 0 Å². The van der Waals surface area contributed by atoms with Crippen LogP contribution in [0.2, 0.25) is 0 Å². The van der Waals surface area contributed by atoms with Crippen LogP contribution in [-0.4, -0.2) is 41.3 Å². The number of imidazole rings is 1. The van der Waals surface area contributed by atoms with Gasteiger partial charge in [0, 0.05) is 36.7 Å². The lowest BCUT2D eigenvalue weighted by Gasteiger charge is -2.13. The van der Waals surface area contributed by atoms with Gasteiger partial charge >= 0.3 is 0 Å². The zero-order valence-electron chi connectivity index (χ0n) is 13.7. The summed E-state index contributed by atoms with van der Waals surface area (Å²) in [6, 6.07) is 5.94. The molecule has 1 aliphatic heterocycles. The lowest BCUT2D eigenvalue weighted by atomic mass is 10.1. The van der Waals surface area contributed by atoms with Crippen LogP contribution in [0.15, 0.2) is 24.4 Å². The SMILES string of the molecule is CCSCCOc1cc(OC)ccc1-c1cn2c(n1)CNCC2. The average molecular weight is 333 g/mol. The molecule has 6 heteroatoms. The molecule has 0 saturated heterocycles. The minimum atomic E-state index is 0.688. The van der Waals surface area contributed by atoms with Crippen molar-refractivity contribution in [1.29, 1.82) is 0 Å². The van der Waals surface area contributed by atoms with Crippen molar-refractivity contribution in [2.24, 2.45) is 0 Å². The zero-order valence-corrected chi connectivity index (χ0v) is 14.5. The standard InChI is InChI=1S/C17H23N3O2S/c1-3-23-9-8-22-16-10-13(21-2)4-5-14(16)15-12-20-7-6-18-11-17(20)19-15/h4-5,10,12,18H,3,6-9,11H2,1-2H3. The van der Waals surface area contributed by atoms with Crippen LogP contribution in [0.4, 0.5) is 0 Å². The highest BCUT2D eigenvalue weighted by molar-refractivity contribution is 7.99. The maximum atomic E-state index is 6.00. The van der Waals surface area contributed by atoms with E-state index in [0.29, 0.717) is 6.61 Å². The van der Waals surface area contributed by atoms with E-state index in [2.05, 4.69) is 23.0 Å². The molecular formula is C17H23N3O2S. The number of hydrogen-bond donors (Lipinski definition) is 1. The largest absolute Gasteiger partial charge is 0.497 e. The fourth-order valence-electron chi connectivity index (χ4n) is 2.63. The molecule has 0 spiro atoms. The fraction of sp³-hybridized carbons (Fsp3) is 0.471. The molecule has 0 saturated carbocycles. The second-order valence-electron chi connectivity index (χ2n) is 5.32. The second kappa shape index (κ2) is 7.75. The van der Waals surface area contributed by atoms with Crippen molar-refractivity contribution in [3.63, 3.8) is 0 Å². The molecule has 1 aromatic heterocycles. The summed E-state index contributed by atoms with van der Waals surface area (Å²) < 4.78 is 13.6. The van der Waals surface area contributed by atoms with Gasteiger partial charge in [-0.15, -0.1) is 0 Å². The highest BCUT2D eigenvalue weighted by Crippen LogP contribution is 2.33. The molecule has 0 unspecified atom stereocenters. The summed E-state index contributed by atoms with van der Waals surface area (Å²) in [5.74, 6) is 4.81. The molecule has 0 aliphatic carbocycles. The van der Waals surface area contributed by atoms with E-state index in [-0.39, 0.29) is 0 Å². The Morgan fingerprint density at radius 1 is 1.39 bits per heavy atom. The lowest BCUT2D eigenvalue weighted by molar-refractivity contribution is 0.341. The minimum absolute atomic E-state index is 0.688. The monoisotopic (exact) mass is 333 g/mol. The molecule has 1 aromatic carbocycles. The summed E-state index contributed by atoms with van der Waals surface area (Å²) in [4.78, 5) is 4.76. The van der Waals surface area contributed by atoms with E-state index in [9.17, 15) is 0 Å². The maximum absolute atomic E-state index is 6.00. The van der Waals surface area contributed by atoms with Gasteiger partial charge in [0.25, 0.3) is 0 Å². The second-order valence-corrected chi connectivity index (χ2v) is 6.71. The molecule has 0 amide bonds. The van der Waals surface area contributed by atoms with Crippen molar-refractivity contribution >= 4 is 11.8 Å². The Morgan fingerprint density at radius 2 is 2.30 bits per heavy atom. The van der Waals surface area contributed by atoms with E-state index < -0.39 is 0 Å². The van der Waals surface area contributed by atoms with E-state index >= 15 is 0 Å². The number of aromatic nitrogens is 2. The molecule has 2 aromatic rings. The Labute approximate surface area is 141 Å². The first kappa shape index (κ1) is 16.2. The molecule has 3 rings (SSSR count). The van der Waals surface area contributed by atoms with Crippen molar-refractivity contribution in [3.8, 4) is 22.8 Å². The molecule has 0 radical (unpaired) electrons. The summed E-state index contributed by atoms with van der Waals surface area (Å²) in [5.41, 5.74) is 1.98. The lowest BCUT2D eigenvalue weighted by Crippen LogP contribution is -2.27. The average Bonchev–Trinajstić information content (AvgIpc) is 3.02. The normalized spacial score (nSPS) is 13.7. The number of rotatable bonds is 7. The van der Waals surface area contributed by atoms with E-state index in [1.54, 1.807) is 7.11 Å². The predicted octanol–water partition coefficient (Wildman–Crippen LogP) is 2.79. The van der Waals surface area contributed by atoms with Crippen LogP contribution in [0, 0.1) is 0 Å². The number of thioether (sulfide) groups is 1. The minimum Gasteiger partial charge on any atom is -0.497 e. The first-order valence-electron chi connectivity index (χ1n) is 7.97. The first-order valence-corrected chi connectivity index (χ1v) is 9.13. The summed E-state index contributed by atoms with van der Waals surface area (Å²) in [6.45, 7) is 5.61. The number of nitrogens with zero attached hydrogens (tertiary/aromatic N) is 2. The van der Waals surface area contributed by atoms with Crippen LogP contribution in [0.5, 0.6) is 11.5 Å². The smallest absolute Gasteiger partial charge is 0.132 e. The van der Waals surface area contributed by atoms with Gasteiger partial charge in [0.1, 0.15) is 17.3 Å². The first-order chi connectivity index (χ1) is 11.3. The summed E-state index contributed by atoms with van der Waals surface area (Å²) >= 11 is 1.88. The molecule has 1 N–H and O–H groups in total. The Bertz CT molecular complexity index is 634. The predicted molar refractivity (Wildman–Crippen MR) is 94.4 cm³/mol. The molecule has 0 bridgehead atoms. The van der Waals surface area contributed by atoms with Gasteiger partial charge in [-0.3, -0.25) is 0 Å². The fourth-order valence-corrected chi connectivity index (χ4v) is 3.12. The number of hydrogen-bond acceptors (Lipinski definition) is 5. The number of nitrogens with one attached hydrogen (secondary N) is 1. The molecule has 2 heterocycles. The number of fused-ring (bicyclic) bond motifs is 1. The topological polar surface area (TPSA) is 48.3 Å². The van der Waals surface area contributed by atoms with Gasteiger partial charge in [-0.25, -0.2) is 4.98 Å². The van der Waals surface area contributed by atoms with E-state index in [1.165, 1.54) is 0 Å². The van der Waals surface area contributed by atoms with Gasteiger partial charge in [-0.1, -0.05) is 6.92 Å². The van der Waals surface area contributed by atoms with Crippen LogP contribution < -0.4 is 14.8 Å². The van der Waals surface area contributed by atoms with Crippen molar-refractivity contribution in [2.45, 2.75) is 20.0 Å². The number of ether oxygens (including phenoxy) is 2. The maximum Gasteiger partial charge on any atom is 0.132 e. The summed E-state index contributed by atoms with van der Waals surface area (Å²) in [7, 11) is 1.67. The van der Waals surface area contributed by atoms with Crippen molar-refractivity contribution < 1.29 is 9.47 Å². The van der Waals surface area contributed by atoms with Gasteiger partial charge in [-0.05, 0) is 17.9 Å². The molecule has 0 atom stereocenters. The van der Waals surface area contributed by atoms with Crippen LogP contribution in [0.25, 0.3) is 11.3 Å². The van der Waals surface area contributed by atoms with Gasteiger partial charge in [0.15, 0.2) is 0 Å². The quantitative estimate of drug-likeness (QED) is 0.790. The third kappa shape index (κ3) is 3.82. The van der Waals surface area contributed by atoms with Crippen molar-refractivity contribution in [2.75, 3.05) is 31.8 Å². The van der Waals surface area contributed by atoms with E-state index in [0.717, 1.165) is 59.7 Å². The summed E-state index contributed by atoms with van der Waals surface area (Å²) in [6.07, 6.45) is 2.12. The molecule has 23 heavy (non-hydrogen) atoms. The molecule has 0 fully saturated rings. The van der Waals surface area contributed by atoms with Crippen LogP contribution >= 0.6 is 11.8 Å². The van der Waals surface area contributed by atoms with Crippen LogP contribution in [0.3, 0.4) is 0 Å². The third-order valence-electron chi connectivity index (χ3n) is 3.83. The highest BCUT2D eigenvalue weighted by atomic mass is 32.2. The van der Waals surface area contributed by atoms with E-state index in [1.807, 2.05) is 30.0 Å². The summed E-state index contributed by atoms with van der Waals surface area (Å²) in [5, 5.41) is 3.35. The van der Waals surface area contributed by atoms with Crippen LogP contribution in [0.1, 0.15) is 12.7 Å². The van der Waals surface area contributed by atoms with Crippen molar-refractivity contribution in [1.82, 2.24) is 14.9 Å². The van der Waals surface area contributed by atoms with E-state index in [4.69, 9.17) is 14.5 Å². The van der Waals surface area contributed by atoms with Gasteiger partial charge in [-0.2, -0.15) is 11.8 Å². The Balaban J connectivity index is 1.86. The Hall–Kier alpha value is -1.66. The molecule has 1 aliphatic rings. The Kier molecular flexibility index (Phi) is 5.46. The number of benzene rings is 1. The Morgan fingerprint density at radius 3 is 3.09 bits per heavy atom. The molecule has 124 valence electrons. The number of methoxy groups -OCH3 is 1. The third-order valence-corrected chi connectivity index (χ3v) is 4.69. The van der Waals surface area contributed by atoms with Gasteiger partial charge in [0.05, 0.1) is 26.0 Å². The highest BCUT2D eigenvalue weighted by Gasteiger charge is 2.16. The van der Waals surface area contributed by atoms with Crippen LogP contribution in [-0.2, 0) is 13.1 Å². The molecular weight excluding hydrogens is 310 g/mol. The zero-order chi connectivity index (χ0) is 16.1.